The second kappa shape index (κ2) is 3.12. The first-order valence-electron chi connectivity index (χ1n) is 4.73. The van der Waals surface area contributed by atoms with Crippen LogP contribution < -0.4 is 0 Å². The Morgan fingerprint density at radius 3 is 2.45 bits per heavy atom. The maximum atomic E-state index is 12.0. The molecule has 1 aliphatic carbocycles. The SMILES string of the molecule is CCC1(C(C)C)CC1CCF. The molecule has 2 atom stereocenters. The Hall–Kier alpha value is -0.0700. The van der Waals surface area contributed by atoms with Crippen LogP contribution in [-0.2, 0) is 0 Å². The lowest BCUT2D eigenvalue weighted by atomic mass is 9.86. The number of hydrogen-bond acceptors (Lipinski definition) is 0. The Labute approximate surface area is 69.2 Å². The lowest BCUT2D eigenvalue weighted by molar-refractivity contribution is 0.294. The summed E-state index contributed by atoms with van der Waals surface area (Å²) >= 11 is 0. The Balaban J connectivity index is 2.43. The van der Waals surface area contributed by atoms with Crippen molar-refractivity contribution in [3.8, 4) is 0 Å². The molecule has 0 heterocycles. The summed E-state index contributed by atoms with van der Waals surface area (Å²) in [6, 6.07) is 0. The van der Waals surface area contributed by atoms with Crippen LogP contribution in [0.1, 0.15) is 40.0 Å². The van der Waals surface area contributed by atoms with Crippen molar-refractivity contribution in [3.05, 3.63) is 0 Å². The van der Waals surface area contributed by atoms with Crippen molar-refractivity contribution in [1.29, 1.82) is 0 Å². The van der Waals surface area contributed by atoms with E-state index >= 15 is 0 Å². The third-order valence-electron chi connectivity index (χ3n) is 3.55. The van der Waals surface area contributed by atoms with Gasteiger partial charge in [-0.2, -0.15) is 0 Å². The second-order valence-electron chi connectivity index (χ2n) is 4.12. The van der Waals surface area contributed by atoms with Gasteiger partial charge in [-0.05, 0) is 36.5 Å². The monoisotopic (exact) mass is 158 g/mol. The summed E-state index contributed by atoms with van der Waals surface area (Å²) in [5.41, 5.74) is 0.520. The van der Waals surface area contributed by atoms with E-state index in [0.717, 1.165) is 12.3 Å². The molecule has 0 amide bonds. The molecule has 0 N–H and O–H groups in total. The fraction of sp³-hybridized carbons (Fsp3) is 1.00. The van der Waals surface area contributed by atoms with Crippen molar-refractivity contribution in [2.24, 2.45) is 17.3 Å². The van der Waals surface area contributed by atoms with E-state index in [-0.39, 0.29) is 6.67 Å². The summed E-state index contributed by atoms with van der Waals surface area (Å²) in [7, 11) is 0. The highest BCUT2D eigenvalue weighted by atomic mass is 19.1. The van der Waals surface area contributed by atoms with Crippen molar-refractivity contribution in [3.63, 3.8) is 0 Å². The summed E-state index contributed by atoms with van der Waals surface area (Å²) < 4.78 is 12.0. The molecule has 0 aromatic heterocycles. The Bertz CT molecular complexity index is 131. The fourth-order valence-electron chi connectivity index (χ4n) is 2.47. The van der Waals surface area contributed by atoms with Gasteiger partial charge in [-0.25, -0.2) is 0 Å². The molecule has 0 aromatic rings. The van der Waals surface area contributed by atoms with Crippen LogP contribution in [0.5, 0.6) is 0 Å². The van der Waals surface area contributed by atoms with Crippen LogP contribution in [0.2, 0.25) is 0 Å². The van der Waals surface area contributed by atoms with Crippen molar-refractivity contribution in [2.45, 2.75) is 40.0 Å². The minimum absolute atomic E-state index is 0.126. The van der Waals surface area contributed by atoms with Crippen molar-refractivity contribution in [2.75, 3.05) is 6.67 Å². The average molecular weight is 158 g/mol. The van der Waals surface area contributed by atoms with Crippen LogP contribution in [0, 0.1) is 17.3 Å². The molecular weight excluding hydrogens is 139 g/mol. The van der Waals surface area contributed by atoms with Crippen LogP contribution in [0.3, 0.4) is 0 Å². The first-order chi connectivity index (χ1) is 5.17. The van der Waals surface area contributed by atoms with Gasteiger partial charge in [-0.1, -0.05) is 20.8 Å². The zero-order valence-corrected chi connectivity index (χ0v) is 7.86. The number of alkyl halides is 1. The van der Waals surface area contributed by atoms with E-state index in [0.29, 0.717) is 11.3 Å². The van der Waals surface area contributed by atoms with Crippen LogP contribution in [0.4, 0.5) is 4.39 Å². The molecule has 0 bridgehead atoms. The molecule has 1 rings (SSSR count). The number of hydrogen-bond donors (Lipinski definition) is 0. The molecule has 11 heavy (non-hydrogen) atoms. The molecule has 0 aliphatic heterocycles. The normalized spacial score (nSPS) is 36.3. The van der Waals surface area contributed by atoms with Gasteiger partial charge in [0.25, 0.3) is 0 Å². The Morgan fingerprint density at radius 2 is 2.18 bits per heavy atom. The van der Waals surface area contributed by atoms with Crippen molar-refractivity contribution in [1.82, 2.24) is 0 Å². The molecule has 2 unspecified atom stereocenters. The zero-order chi connectivity index (χ0) is 8.48. The van der Waals surface area contributed by atoms with Gasteiger partial charge >= 0.3 is 0 Å². The third-order valence-corrected chi connectivity index (χ3v) is 3.55. The fourth-order valence-corrected chi connectivity index (χ4v) is 2.47. The maximum absolute atomic E-state index is 12.0. The zero-order valence-electron chi connectivity index (χ0n) is 7.86. The topological polar surface area (TPSA) is 0 Å². The molecule has 0 aromatic carbocycles. The second-order valence-corrected chi connectivity index (χ2v) is 4.12. The Kier molecular flexibility index (Phi) is 2.56. The largest absolute Gasteiger partial charge is 0.251 e. The van der Waals surface area contributed by atoms with E-state index in [1.807, 2.05) is 0 Å². The number of halogens is 1. The summed E-state index contributed by atoms with van der Waals surface area (Å²) in [5.74, 6) is 1.43. The summed E-state index contributed by atoms with van der Waals surface area (Å²) in [6.45, 7) is 6.64. The van der Waals surface area contributed by atoms with E-state index in [1.165, 1.54) is 12.8 Å². The minimum atomic E-state index is -0.126. The molecule has 1 heteroatoms. The average Bonchev–Trinajstić information content (AvgIpc) is 2.65. The van der Waals surface area contributed by atoms with Gasteiger partial charge in [0.05, 0.1) is 6.67 Å². The molecule has 0 radical (unpaired) electrons. The van der Waals surface area contributed by atoms with E-state index < -0.39 is 0 Å². The van der Waals surface area contributed by atoms with Gasteiger partial charge < -0.3 is 0 Å². The van der Waals surface area contributed by atoms with E-state index in [4.69, 9.17) is 0 Å². The van der Waals surface area contributed by atoms with Gasteiger partial charge in [-0.3, -0.25) is 4.39 Å². The predicted octanol–water partition coefficient (Wildman–Crippen LogP) is 3.42. The molecule has 0 spiro atoms. The Morgan fingerprint density at radius 1 is 1.55 bits per heavy atom. The molecule has 1 fully saturated rings. The summed E-state index contributed by atoms with van der Waals surface area (Å²) in [6.07, 6.45) is 3.30. The molecule has 1 aliphatic rings. The molecule has 66 valence electrons. The first-order valence-corrected chi connectivity index (χ1v) is 4.73. The standard InChI is InChI=1S/C10H19F/c1-4-10(8(2)3)7-9(10)5-6-11/h8-9H,4-7H2,1-3H3. The van der Waals surface area contributed by atoms with E-state index in [9.17, 15) is 4.39 Å². The minimum Gasteiger partial charge on any atom is -0.251 e. The van der Waals surface area contributed by atoms with Gasteiger partial charge in [0.2, 0.25) is 0 Å². The third kappa shape index (κ3) is 1.43. The van der Waals surface area contributed by atoms with Crippen LogP contribution in [0.25, 0.3) is 0 Å². The smallest absolute Gasteiger partial charge is 0.0897 e. The van der Waals surface area contributed by atoms with Crippen LogP contribution >= 0.6 is 0 Å². The van der Waals surface area contributed by atoms with Crippen molar-refractivity contribution < 1.29 is 4.39 Å². The van der Waals surface area contributed by atoms with Gasteiger partial charge in [-0.15, -0.1) is 0 Å². The maximum Gasteiger partial charge on any atom is 0.0897 e. The van der Waals surface area contributed by atoms with Crippen LogP contribution in [0.15, 0.2) is 0 Å². The highest BCUT2D eigenvalue weighted by molar-refractivity contribution is 5.02. The lowest BCUT2D eigenvalue weighted by Crippen LogP contribution is -2.11. The highest BCUT2D eigenvalue weighted by Crippen LogP contribution is 2.61. The first kappa shape index (κ1) is 9.02. The van der Waals surface area contributed by atoms with E-state index in [2.05, 4.69) is 20.8 Å². The quantitative estimate of drug-likeness (QED) is 0.588. The molecular formula is C10H19F. The van der Waals surface area contributed by atoms with Crippen LogP contribution in [-0.4, -0.2) is 6.67 Å². The molecule has 1 saturated carbocycles. The molecule has 0 saturated heterocycles. The van der Waals surface area contributed by atoms with E-state index in [1.54, 1.807) is 0 Å². The van der Waals surface area contributed by atoms with Gasteiger partial charge in [0, 0.05) is 0 Å². The highest BCUT2D eigenvalue weighted by Gasteiger charge is 2.53. The molecule has 0 nitrogen and oxygen atoms in total. The lowest BCUT2D eigenvalue weighted by Gasteiger charge is -2.19. The van der Waals surface area contributed by atoms with Gasteiger partial charge in [0.1, 0.15) is 0 Å². The van der Waals surface area contributed by atoms with Gasteiger partial charge in [0.15, 0.2) is 0 Å². The summed E-state index contributed by atoms with van der Waals surface area (Å²) in [5, 5.41) is 0. The summed E-state index contributed by atoms with van der Waals surface area (Å²) in [4.78, 5) is 0. The predicted molar refractivity (Wildman–Crippen MR) is 46.3 cm³/mol. The number of rotatable bonds is 4. The van der Waals surface area contributed by atoms with Crippen molar-refractivity contribution >= 4 is 0 Å².